The molecule has 108 valence electrons. The first kappa shape index (κ1) is 14.7. The van der Waals surface area contributed by atoms with Crippen LogP contribution in [0.25, 0.3) is 0 Å². The molecule has 2 rings (SSSR count). The SMILES string of the molecule is Cc1noc(C)c1CNC(c1ccc(F)cc1)C(C)C. The Morgan fingerprint density at radius 1 is 1.20 bits per heavy atom. The van der Waals surface area contributed by atoms with Crippen molar-refractivity contribution in [1.29, 1.82) is 0 Å². The topological polar surface area (TPSA) is 38.1 Å². The molecule has 1 atom stereocenters. The van der Waals surface area contributed by atoms with Crippen molar-refractivity contribution in [3.05, 3.63) is 52.7 Å². The van der Waals surface area contributed by atoms with E-state index in [0.717, 1.165) is 22.6 Å². The van der Waals surface area contributed by atoms with Crippen molar-refractivity contribution in [3.63, 3.8) is 0 Å². The summed E-state index contributed by atoms with van der Waals surface area (Å²) in [5.41, 5.74) is 3.10. The van der Waals surface area contributed by atoms with E-state index in [1.165, 1.54) is 12.1 Å². The molecule has 0 amide bonds. The van der Waals surface area contributed by atoms with Gasteiger partial charge in [-0.1, -0.05) is 31.1 Å². The van der Waals surface area contributed by atoms with Crippen LogP contribution in [0.2, 0.25) is 0 Å². The fraction of sp³-hybridized carbons (Fsp3) is 0.438. The number of nitrogens with zero attached hydrogens (tertiary/aromatic N) is 1. The van der Waals surface area contributed by atoms with Gasteiger partial charge in [0.2, 0.25) is 0 Å². The molecular formula is C16H21FN2O. The minimum atomic E-state index is -0.207. The molecule has 0 fully saturated rings. The first-order chi connectivity index (χ1) is 9.49. The number of hydrogen-bond donors (Lipinski definition) is 1. The minimum absolute atomic E-state index is 0.171. The van der Waals surface area contributed by atoms with Crippen LogP contribution in [0.3, 0.4) is 0 Å². The van der Waals surface area contributed by atoms with Gasteiger partial charge in [0.15, 0.2) is 0 Å². The van der Waals surface area contributed by atoms with E-state index in [4.69, 9.17) is 4.52 Å². The van der Waals surface area contributed by atoms with Crippen LogP contribution < -0.4 is 5.32 Å². The zero-order valence-electron chi connectivity index (χ0n) is 12.4. The normalized spacial score (nSPS) is 12.9. The van der Waals surface area contributed by atoms with E-state index in [1.807, 2.05) is 26.0 Å². The fourth-order valence-corrected chi connectivity index (χ4v) is 2.37. The van der Waals surface area contributed by atoms with Gasteiger partial charge in [0.1, 0.15) is 11.6 Å². The largest absolute Gasteiger partial charge is 0.361 e. The molecule has 4 heteroatoms. The molecule has 1 heterocycles. The van der Waals surface area contributed by atoms with Crippen LogP contribution in [-0.2, 0) is 6.54 Å². The van der Waals surface area contributed by atoms with Crippen molar-refractivity contribution in [2.75, 3.05) is 0 Å². The summed E-state index contributed by atoms with van der Waals surface area (Å²) in [6.07, 6.45) is 0. The summed E-state index contributed by atoms with van der Waals surface area (Å²) in [5, 5.41) is 7.48. The number of aromatic nitrogens is 1. The summed E-state index contributed by atoms with van der Waals surface area (Å²) in [4.78, 5) is 0. The lowest BCUT2D eigenvalue weighted by Gasteiger charge is -2.23. The minimum Gasteiger partial charge on any atom is -0.361 e. The number of rotatable bonds is 5. The summed E-state index contributed by atoms with van der Waals surface area (Å²) < 4.78 is 18.2. The Hall–Kier alpha value is -1.68. The molecule has 0 aliphatic heterocycles. The zero-order chi connectivity index (χ0) is 14.7. The second-order valence-electron chi connectivity index (χ2n) is 5.46. The van der Waals surface area contributed by atoms with E-state index in [9.17, 15) is 4.39 Å². The Balaban J connectivity index is 2.12. The van der Waals surface area contributed by atoms with Gasteiger partial charge in [-0.05, 0) is 37.5 Å². The number of benzene rings is 1. The van der Waals surface area contributed by atoms with Gasteiger partial charge >= 0.3 is 0 Å². The highest BCUT2D eigenvalue weighted by Crippen LogP contribution is 2.23. The molecule has 1 aromatic carbocycles. The van der Waals surface area contributed by atoms with Crippen LogP contribution in [0.15, 0.2) is 28.8 Å². The highest BCUT2D eigenvalue weighted by atomic mass is 19.1. The van der Waals surface area contributed by atoms with Crippen LogP contribution in [0, 0.1) is 25.6 Å². The van der Waals surface area contributed by atoms with E-state index in [-0.39, 0.29) is 11.9 Å². The predicted molar refractivity (Wildman–Crippen MR) is 76.8 cm³/mol. The summed E-state index contributed by atoms with van der Waals surface area (Å²) in [6, 6.07) is 6.84. The molecule has 0 saturated heterocycles. The molecule has 2 aromatic rings. The van der Waals surface area contributed by atoms with E-state index >= 15 is 0 Å². The molecule has 1 aromatic heterocycles. The summed E-state index contributed by atoms with van der Waals surface area (Å²) in [6.45, 7) is 8.85. The Kier molecular flexibility index (Phi) is 4.55. The Morgan fingerprint density at radius 3 is 2.35 bits per heavy atom. The number of hydrogen-bond acceptors (Lipinski definition) is 3. The monoisotopic (exact) mass is 276 g/mol. The number of aryl methyl sites for hydroxylation is 2. The molecule has 0 aliphatic rings. The number of halogens is 1. The van der Waals surface area contributed by atoms with Crippen molar-refractivity contribution < 1.29 is 8.91 Å². The van der Waals surface area contributed by atoms with Crippen LogP contribution >= 0.6 is 0 Å². The van der Waals surface area contributed by atoms with Crippen molar-refractivity contribution in [2.24, 2.45) is 5.92 Å². The first-order valence-electron chi connectivity index (χ1n) is 6.89. The van der Waals surface area contributed by atoms with Gasteiger partial charge < -0.3 is 9.84 Å². The van der Waals surface area contributed by atoms with Crippen molar-refractivity contribution in [3.8, 4) is 0 Å². The van der Waals surface area contributed by atoms with E-state index in [1.54, 1.807) is 0 Å². The van der Waals surface area contributed by atoms with Gasteiger partial charge in [-0.2, -0.15) is 0 Å². The first-order valence-corrected chi connectivity index (χ1v) is 6.89. The van der Waals surface area contributed by atoms with Gasteiger partial charge in [-0.25, -0.2) is 4.39 Å². The molecule has 1 N–H and O–H groups in total. The van der Waals surface area contributed by atoms with E-state index in [0.29, 0.717) is 12.5 Å². The molecule has 0 bridgehead atoms. The Labute approximate surface area is 119 Å². The molecule has 1 unspecified atom stereocenters. The number of nitrogens with one attached hydrogen (secondary N) is 1. The molecule has 0 radical (unpaired) electrons. The smallest absolute Gasteiger partial charge is 0.138 e. The molecule has 0 saturated carbocycles. The summed E-state index contributed by atoms with van der Waals surface area (Å²) in [5.74, 6) is 1.04. The lowest BCUT2D eigenvalue weighted by atomic mass is 9.95. The fourth-order valence-electron chi connectivity index (χ4n) is 2.37. The highest BCUT2D eigenvalue weighted by Gasteiger charge is 2.17. The zero-order valence-corrected chi connectivity index (χ0v) is 12.4. The summed E-state index contributed by atoms with van der Waals surface area (Å²) in [7, 11) is 0. The van der Waals surface area contributed by atoms with E-state index in [2.05, 4.69) is 24.3 Å². The third-order valence-corrected chi connectivity index (χ3v) is 3.58. The average molecular weight is 276 g/mol. The van der Waals surface area contributed by atoms with Gasteiger partial charge in [0.05, 0.1) is 5.69 Å². The third-order valence-electron chi connectivity index (χ3n) is 3.58. The maximum Gasteiger partial charge on any atom is 0.138 e. The van der Waals surface area contributed by atoms with Gasteiger partial charge in [-0.15, -0.1) is 0 Å². The molecule has 0 spiro atoms. The highest BCUT2D eigenvalue weighted by molar-refractivity contribution is 5.23. The summed E-state index contributed by atoms with van der Waals surface area (Å²) >= 11 is 0. The van der Waals surface area contributed by atoms with Crippen LogP contribution in [0.5, 0.6) is 0 Å². The second-order valence-corrected chi connectivity index (χ2v) is 5.46. The van der Waals surface area contributed by atoms with Crippen LogP contribution in [-0.4, -0.2) is 5.16 Å². The van der Waals surface area contributed by atoms with Crippen LogP contribution in [0.1, 0.15) is 42.5 Å². The molecule has 0 aliphatic carbocycles. The Morgan fingerprint density at radius 2 is 1.85 bits per heavy atom. The van der Waals surface area contributed by atoms with Gasteiger partial charge in [-0.3, -0.25) is 0 Å². The van der Waals surface area contributed by atoms with Crippen molar-refractivity contribution in [1.82, 2.24) is 10.5 Å². The molecule has 20 heavy (non-hydrogen) atoms. The lowest BCUT2D eigenvalue weighted by molar-refractivity contribution is 0.387. The third kappa shape index (κ3) is 3.25. The van der Waals surface area contributed by atoms with E-state index < -0.39 is 0 Å². The molecule has 3 nitrogen and oxygen atoms in total. The maximum atomic E-state index is 13.0. The van der Waals surface area contributed by atoms with Gasteiger partial charge in [0.25, 0.3) is 0 Å². The second kappa shape index (κ2) is 6.18. The van der Waals surface area contributed by atoms with Crippen molar-refractivity contribution in [2.45, 2.75) is 40.3 Å². The van der Waals surface area contributed by atoms with Crippen molar-refractivity contribution >= 4 is 0 Å². The lowest BCUT2D eigenvalue weighted by Crippen LogP contribution is -2.25. The predicted octanol–water partition coefficient (Wildman–Crippen LogP) is 3.92. The maximum absolute atomic E-state index is 13.0. The van der Waals surface area contributed by atoms with Gasteiger partial charge in [0, 0.05) is 18.2 Å². The average Bonchev–Trinajstić information content (AvgIpc) is 2.72. The molecular weight excluding hydrogens is 255 g/mol. The quantitative estimate of drug-likeness (QED) is 0.899. The standard InChI is InChI=1S/C16H21FN2O/c1-10(2)16(13-5-7-14(17)8-6-13)18-9-15-11(3)19-20-12(15)4/h5-8,10,16,18H,9H2,1-4H3. The van der Waals surface area contributed by atoms with Crippen LogP contribution in [0.4, 0.5) is 4.39 Å². The Bertz CT molecular complexity index is 541.